The quantitative estimate of drug-likeness (QED) is 0.765. The lowest BCUT2D eigenvalue weighted by molar-refractivity contribution is 0.781. The first-order chi connectivity index (χ1) is 9.66. The van der Waals surface area contributed by atoms with Crippen molar-refractivity contribution in [1.29, 1.82) is 0 Å². The van der Waals surface area contributed by atoms with Gasteiger partial charge < -0.3 is 0 Å². The monoisotopic (exact) mass is 267 g/mol. The molecule has 102 valence electrons. The molecule has 3 aromatic rings. The van der Waals surface area contributed by atoms with Crippen LogP contribution in [0.25, 0.3) is 22.8 Å². The van der Waals surface area contributed by atoms with Crippen molar-refractivity contribution in [2.45, 2.75) is 26.7 Å². The van der Waals surface area contributed by atoms with E-state index in [2.05, 4.69) is 39.2 Å². The van der Waals surface area contributed by atoms with Gasteiger partial charge in [0.05, 0.1) is 5.69 Å². The van der Waals surface area contributed by atoms with Crippen LogP contribution in [0, 0.1) is 6.92 Å². The van der Waals surface area contributed by atoms with Gasteiger partial charge in [0.25, 0.3) is 0 Å². The maximum Gasteiger partial charge on any atom is 0.199 e. The minimum atomic E-state index is 0.327. The Kier molecular flexibility index (Phi) is 3.10. The van der Waals surface area contributed by atoms with Crippen molar-refractivity contribution in [3.63, 3.8) is 0 Å². The molecule has 0 bridgehead atoms. The number of H-pyrrole nitrogens is 2. The highest BCUT2D eigenvalue weighted by atomic mass is 15.2. The molecule has 5 nitrogen and oxygen atoms in total. The van der Waals surface area contributed by atoms with Crippen molar-refractivity contribution in [2.75, 3.05) is 0 Å². The third-order valence-electron chi connectivity index (χ3n) is 3.33. The Morgan fingerprint density at radius 3 is 2.40 bits per heavy atom. The standard InChI is InChI=1S/C15H17N5/c1-9(2)14-16-15(20-19-14)13-10(3)12(17-18-13)11-7-5-4-6-8-11/h4-9H,1-3H3,(H,17,18)(H,16,19,20). The second-order valence-electron chi connectivity index (χ2n) is 5.14. The van der Waals surface area contributed by atoms with Crippen molar-refractivity contribution in [3.05, 3.63) is 41.7 Å². The van der Waals surface area contributed by atoms with Gasteiger partial charge in [-0.15, -0.1) is 0 Å². The molecule has 0 aliphatic carbocycles. The smallest absolute Gasteiger partial charge is 0.199 e. The fraction of sp³-hybridized carbons (Fsp3) is 0.267. The van der Waals surface area contributed by atoms with Crippen molar-refractivity contribution in [2.24, 2.45) is 0 Å². The third kappa shape index (κ3) is 2.11. The summed E-state index contributed by atoms with van der Waals surface area (Å²) in [6.45, 7) is 6.20. The summed E-state index contributed by atoms with van der Waals surface area (Å²) in [7, 11) is 0. The maximum atomic E-state index is 4.51. The second kappa shape index (κ2) is 4.92. The fourth-order valence-corrected chi connectivity index (χ4v) is 2.14. The van der Waals surface area contributed by atoms with E-state index in [9.17, 15) is 0 Å². The molecular weight excluding hydrogens is 250 g/mol. The molecule has 0 aliphatic rings. The van der Waals surface area contributed by atoms with Crippen molar-refractivity contribution >= 4 is 0 Å². The summed E-state index contributed by atoms with van der Waals surface area (Å²) in [5, 5.41) is 14.7. The van der Waals surface area contributed by atoms with Gasteiger partial charge in [-0.25, -0.2) is 4.98 Å². The summed E-state index contributed by atoms with van der Waals surface area (Å²) in [4.78, 5) is 4.51. The van der Waals surface area contributed by atoms with Gasteiger partial charge in [0.1, 0.15) is 11.5 Å². The predicted octanol–water partition coefficient (Wildman–Crippen LogP) is 3.29. The molecule has 3 rings (SSSR count). The number of nitrogens with zero attached hydrogens (tertiary/aromatic N) is 3. The van der Waals surface area contributed by atoms with Crippen LogP contribution < -0.4 is 0 Å². The molecule has 0 aliphatic heterocycles. The Hall–Kier alpha value is -2.43. The molecule has 20 heavy (non-hydrogen) atoms. The van der Waals surface area contributed by atoms with E-state index in [-0.39, 0.29) is 0 Å². The maximum absolute atomic E-state index is 4.51. The summed E-state index contributed by atoms with van der Waals surface area (Å²) in [6, 6.07) is 10.1. The van der Waals surface area contributed by atoms with E-state index in [0.29, 0.717) is 11.7 Å². The summed E-state index contributed by atoms with van der Waals surface area (Å²) < 4.78 is 0. The Morgan fingerprint density at radius 2 is 1.75 bits per heavy atom. The summed E-state index contributed by atoms with van der Waals surface area (Å²) >= 11 is 0. The molecule has 0 spiro atoms. The van der Waals surface area contributed by atoms with Crippen LogP contribution in [0.5, 0.6) is 0 Å². The fourth-order valence-electron chi connectivity index (χ4n) is 2.14. The minimum Gasteiger partial charge on any atom is -0.274 e. The van der Waals surface area contributed by atoms with Crippen molar-refractivity contribution in [1.82, 2.24) is 25.4 Å². The van der Waals surface area contributed by atoms with Crippen LogP contribution in [-0.2, 0) is 0 Å². The van der Waals surface area contributed by atoms with Gasteiger partial charge in [-0.05, 0) is 6.92 Å². The second-order valence-corrected chi connectivity index (χ2v) is 5.14. The first kappa shape index (κ1) is 12.6. The molecule has 0 unspecified atom stereocenters. The van der Waals surface area contributed by atoms with Crippen molar-refractivity contribution < 1.29 is 0 Å². The van der Waals surface area contributed by atoms with E-state index < -0.39 is 0 Å². The first-order valence-electron chi connectivity index (χ1n) is 6.70. The molecular formula is C15H17N5. The number of rotatable bonds is 3. The van der Waals surface area contributed by atoms with Crippen LogP contribution in [0.15, 0.2) is 30.3 Å². The summed E-state index contributed by atoms with van der Waals surface area (Å²) in [5.74, 6) is 1.88. The molecule has 0 radical (unpaired) electrons. The van der Waals surface area contributed by atoms with Crippen LogP contribution in [0.2, 0.25) is 0 Å². The van der Waals surface area contributed by atoms with E-state index in [1.165, 1.54) is 0 Å². The van der Waals surface area contributed by atoms with E-state index in [0.717, 1.165) is 28.3 Å². The van der Waals surface area contributed by atoms with Gasteiger partial charge in [-0.3, -0.25) is 10.2 Å². The number of aromatic nitrogens is 5. The van der Waals surface area contributed by atoms with E-state index in [1.807, 2.05) is 37.3 Å². The lowest BCUT2D eigenvalue weighted by Gasteiger charge is -1.98. The largest absolute Gasteiger partial charge is 0.274 e. The van der Waals surface area contributed by atoms with Crippen LogP contribution in [0.3, 0.4) is 0 Å². The molecule has 0 atom stereocenters. The molecule has 0 fully saturated rings. The van der Waals surface area contributed by atoms with Crippen LogP contribution in [0.1, 0.15) is 31.2 Å². The number of benzene rings is 1. The predicted molar refractivity (Wildman–Crippen MR) is 78.2 cm³/mol. The third-order valence-corrected chi connectivity index (χ3v) is 3.33. The molecule has 0 saturated carbocycles. The SMILES string of the molecule is Cc1c(-c2ccccc2)n[nH]c1-c1n[nH]c(C(C)C)n1. The first-order valence-corrected chi connectivity index (χ1v) is 6.70. The topological polar surface area (TPSA) is 70.2 Å². The summed E-state index contributed by atoms with van der Waals surface area (Å²) in [6.07, 6.45) is 0. The lowest BCUT2D eigenvalue weighted by Crippen LogP contribution is -1.89. The van der Waals surface area contributed by atoms with Gasteiger partial charge in [-0.2, -0.15) is 10.2 Å². The van der Waals surface area contributed by atoms with Crippen LogP contribution >= 0.6 is 0 Å². The highest BCUT2D eigenvalue weighted by Crippen LogP contribution is 2.27. The molecule has 2 heterocycles. The molecule has 0 amide bonds. The zero-order valence-corrected chi connectivity index (χ0v) is 11.8. The zero-order chi connectivity index (χ0) is 14.1. The van der Waals surface area contributed by atoms with Gasteiger partial charge in [-0.1, -0.05) is 44.2 Å². The zero-order valence-electron chi connectivity index (χ0n) is 11.8. The summed E-state index contributed by atoms with van der Waals surface area (Å²) in [5.41, 5.74) is 3.96. The van der Waals surface area contributed by atoms with Crippen LogP contribution in [0.4, 0.5) is 0 Å². The molecule has 2 N–H and O–H groups in total. The average molecular weight is 267 g/mol. The minimum absolute atomic E-state index is 0.327. The Bertz CT molecular complexity index is 709. The Labute approximate surface area is 117 Å². The highest BCUT2D eigenvalue weighted by Gasteiger charge is 2.16. The lowest BCUT2D eigenvalue weighted by atomic mass is 10.1. The average Bonchev–Trinajstić information content (AvgIpc) is 3.06. The van der Waals surface area contributed by atoms with Gasteiger partial charge >= 0.3 is 0 Å². The number of hydrogen-bond acceptors (Lipinski definition) is 3. The normalized spacial score (nSPS) is 11.2. The van der Waals surface area contributed by atoms with E-state index in [1.54, 1.807) is 0 Å². The molecule has 2 aromatic heterocycles. The van der Waals surface area contributed by atoms with Crippen molar-refractivity contribution in [3.8, 4) is 22.8 Å². The Morgan fingerprint density at radius 1 is 1.00 bits per heavy atom. The highest BCUT2D eigenvalue weighted by molar-refractivity contribution is 5.70. The number of aromatic amines is 2. The molecule has 5 heteroatoms. The number of nitrogens with one attached hydrogen (secondary N) is 2. The van der Waals surface area contributed by atoms with E-state index in [4.69, 9.17) is 0 Å². The van der Waals surface area contributed by atoms with Gasteiger partial charge in [0.15, 0.2) is 5.82 Å². The molecule has 1 aromatic carbocycles. The number of hydrogen-bond donors (Lipinski definition) is 2. The molecule has 0 saturated heterocycles. The Balaban J connectivity index is 2.02. The van der Waals surface area contributed by atoms with Gasteiger partial charge in [0, 0.05) is 17.0 Å². The van der Waals surface area contributed by atoms with E-state index >= 15 is 0 Å². The van der Waals surface area contributed by atoms with Gasteiger partial charge in [0.2, 0.25) is 0 Å². The van der Waals surface area contributed by atoms with Crippen LogP contribution in [-0.4, -0.2) is 25.4 Å².